The highest BCUT2D eigenvalue weighted by molar-refractivity contribution is 7.98. The van der Waals surface area contributed by atoms with E-state index in [-0.39, 0.29) is 23.4 Å². The van der Waals surface area contributed by atoms with Crippen molar-refractivity contribution in [3.8, 4) is 23.3 Å². The molecule has 5 N–H and O–H groups in total. The molecule has 1 fully saturated rings. The molecular weight excluding hydrogens is 452 g/mol. The Bertz CT molecular complexity index is 1230. The molecule has 0 amide bonds. The van der Waals surface area contributed by atoms with Gasteiger partial charge in [-0.1, -0.05) is 48.9 Å². The first-order valence-corrected chi connectivity index (χ1v) is 12.6. The molecule has 33 heavy (non-hydrogen) atoms. The molecule has 1 aliphatic carbocycles. The van der Waals surface area contributed by atoms with Gasteiger partial charge in [-0.05, 0) is 36.3 Å². The molecule has 0 spiro atoms. The Morgan fingerprint density at radius 3 is 2.42 bits per heavy atom. The lowest BCUT2D eigenvalue weighted by Crippen LogP contribution is -2.26. The van der Waals surface area contributed by atoms with Crippen LogP contribution in [-0.2, 0) is 12.2 Å². The Labute approximate surface area is 201 Å². The van der Waals surface area contributed by atoms with Crippen LogP contribution in [0.25, 0.3) is 11.1 Å². The third kappa shape index (κ3) is 5.12. The molecule has 7 nitrogen and oxygen atoms in total. The van der Waals surface area contributed by atoms with Gasteiger partial charge in [-0.2, -0.15) is 10.5 Å². The van der Waals surface area contributed by atoms with Crippen molar-refractivity contribution in [3.05, 3.63) is 52.0 Å². The highest BCUT2D eigenvalue weighted by Crippen LogP contribution is 2.37. The molecular formula is C24H24N6OS2. The number of rotatable bonds is 6. The maximum Gasteiger partial charge on any atom is 0.180 e. The van der Waals surface area contributed by atoms with Gasteiger partial charge in [0.15, 0.2) is 5.13 Å². The van der Waals surface area contributed by atoms with Crippen molar-refractivity contribution in [1.29, 1.82) is 10.5 Å². The number of nitrogen functional groups attached to an aromatic ring is 2. The van der Waals surface area contributed by atoms with E-state index in [0.29, 0.717) is 27.0 Å². The number of aliphatic hydroxyl groups excluding tert-OH is 1. The summed E-state index contributed by atoms with van der Waals surface area (Å²) in [7, 11) is 0. The van der Waals surface area contributed by atoms with Crippen LogP contribution in [0.1, 0.15) is 48.1 Å². The molecule has 9 heteroatoms. The maximum atomic E-state index is 10.3. The summed E-state index contributed by atoms with van der Waals surface area (Å²) in [4.78, 5) is 8.58. The van der Waals surface area contributed by atoms with Gasteiger partial charge in [0.1, 0.15) is 28.5 Å². The van der Waals surface area contributed by atoms with Crippen molar-refractivity contribution >= 4 is 34.0 Å². The average Bonchev–Trinajstić information content (AvgIpc) is 3.24. The van der Waals surface area contributed by atoms with Crippen LogP contribution in [0.4, 0.5) is 10.9 Å². The van der Waals surface area contributed by atoms with Crippen molar-refractivity contribution < 1.29 is 5.11 Å². The fraction of sp³-hybridized carbons (Fsp3) is 0.333. The van der Waals surface area contributed by atoms with E-state index in [1.807, 2.05) is 29.6 Å². The lowest BCUT2D eigenvalue weighted by atomic mass is 9.82. The van der Waals surface area contributed by atoms with Gasteiger partial charge in [0.2, 0.25) is 0 Å². The molecule has 168 valence electrons. The van der Waals surface area contributed by atoms with Crippen molar-refractivity contribution in [2.45, 2.75) is 49.0 Å². The van der Waals surface area contributed by atoms with E-state index in [2.05, 4.69) is 22.1 Å². The molecule has 2 atom stereocenters. The van der Waals surface area contributed by atoms with Gasteiger partial charge in [0.25, 0.3) is 0 Å². The highest BCUT2D eigenvalue weighted by Gasteiger charge is 2.24. The monoisotopic (exact) mass is 476 g/mol. The minimum absolute atomic E-state index is 0.0983. The van der Waals surface area contributed by atoms with Crippen molar-refractivity contribution in [1.82, 2.24) is 9.97 Å². The summed E-state index contributed by atoms with van der Waals surface area (Å²) >= 11 is 2.70. The largest absolute Gasteiger partial charge is 0.393 e. The van der Waals surface area contributed by atoms with E-state index in [9.17, 15) is 15.6 Å². The van der Waals surface area contributed by atoms with Crippen LogP contribution in [0.3, 0.4) is 0 Å². The Morgan fingerprint density at radius 2 is 1.79 bits per heavy atom. The van der Waals surface area contributed by atoms with Crippen molar-refractivity contribution in [2.24, 2.45) is 5.92 Å². The predicted octanol–water partition coefficient (Wildman–Crippen LogP) is 4.50. The van der Waals surface area contributed by atoms with E-state index in [1.54, 1.807) is 0 Å². The second kappa shape index (κ2) is 10.2. The van der Waals surface area contributed by atoms with E-state index >= 15 is 0 Å². The van der Waals surface area contributed by atoms with Crippen molar-refractivity contribution in [3.63, 3.8) is 0 Å². The minimum Gasteiger partial charge on any atom is -0.393 e. The number of thioether (sulfide) groups is 1. The Balaban J connectivity index is 1.64. The van der Waals surface area contributed by atoms with Gasteiger partial charge in [-0.25, -0.2) is 9.97 Å². The van der Waals surface area contributed by atoms with E-state index < -0.39 is 0 Å². The molecule has 0 unspecified atom stereocenters. The molecule has 1 saturated carbocycles. The molecule has 4 rings (SSSR count). The third-order valence-electron chi connectivity index (χ3n) is 5.95. The number of nitriles is 2. The van der Waals surface area contributed by atoms with Gasteiger partial charge in [-0.3, -0.25) is 0 Å². The SMILES string of the molecule is N#Cc1c(N)nc(SCc2csc(N)n2)c(C#N)c1-c1ccc(C[C@H]2CCCC[C@@H]2O)cc1. The number of hydrogen-bond donors (Lipinski definition) is 3. The summed E-state index contributed by atoms with van der Waals surface area (Å²) in [5.74, 6) is 0.859. The number of nitrogens with two attached hydrogens (primary N) is 2. The highest BCUT2D eigenvalue weighted by atomic mass is 32.2. The fourth-order valence-corrected chi connectivity index (χ4v) is 5.81. The molecule has 2 heterocycles. The van der Waals surface area contributed by atoms with Gasteiger partial charge < -0.3 is 16.6 Å². The molecule has 3 aromatic rings. The number of aromatic nitrogens is 2. The first kappa shape index (κ1) is 23.1. The number of anilines is 2. The number of pyridine rings is 1. The first-order valence-electron chi connectivity index (χ1n) is 10.7. The van der Waals surface area contributed by atoms with Gasteiger partial charge in [-0.15, -0.1) is 11.3 Å². The Kier molecular flexibility index (Phi) is 7.14. The topological polar surface area (TPSA) is 146 Å². The summed E-state index contributed by atoms with van der Waals surface area (Å²) < 4.78 is 0. The first-order chi connectivity index (χ1) is 16.0. The van der Waals surface area contributed by atoms with E-state index in [4.69, 9.17) is 11.5 Å². The molecule has 2 aromatic heterocycles. The smallest absolute Gasteiger partial charge is 0.180 e. The van der Waals surface area contributed by atoms with Crippen molar-refractivity contribution in [2.75, 3.05) is 11.5 Å². The van der Waals surface area contributed by atoms with Crippen LogP contribution in [0.15, 0.2) is 34.7 Å². The van der Waals surface area contributed by atoms with E-state index in [0.717, 1.165) is 48.9 Å². The summed E-state index contributed by atoms with van der Waals surface area (Å²) in [5.41, 5.74) is 15.5. The zero-order valence-electron chi connectivity index (χ0n) is 18.0. The zero-order chi connectivity index (χ0) is 23.4. The fourth-order valence-electron chi connectivity index (χ4n) is 4.26. The van der Waals surface area contributed by atoms with E-state index in [1.165, 1.54) is 23.1 Å². The standard InChI is InChI=1S/C24H24N6OS2/c25-10-18-21(15-7-5-14(6-8-15)9-16-3-1-2-4-20(16)31)19(11-26)23(30-22(18)27)32-12-17-13-33-24(28)29-17/h5-8,13,16,20,31H,1-4,9,12H2,(H2,27,30)(H2,28,29)/t16-,20+/m1/s1. The number of nitrogens with zero attached hydrogens (tertiary/aromatic N) is 4. The van der Waals surface area contributed by atoms with Crippen LogP contribution in [0.5, 0.6) is 0 Å². The van der Waals surface area contributed by atoms with Crippen LogP contribution in [0.2, 0.25) is 0 Å². The average molecular weight is 477 g/mol. The molecule has 0 aliphatic heterocycles. The summed E-state index contributed by atoms with van der Waals surface area (Å²) in [5, 5.41) is 32.8. The molecule has 0 bridgehead atoms. The molecule has 0 saturated heterocycles. The Morgan fingerprint density at radius 1 is 1.06 bits per heavy atom. The lowest BCUT2D eigenvalue weighted by Gasteiger charge is -2.27. The van der Waals surface area contributed by atoms with Crippen LogP contribution in [-0.4, -0.2) is 21.2 Å². The van der Waals surface area contributed by atoms with Gasteiger partial charge in [0, 0.05) is 16.7 Å². The maximum absolute atomic E-state index is 10.3. The van der Waals surface area contributed by atoms with Gasteiger partial charge >= 0.3 is 0 Å². The summed E-state index contributed by atoms with van der Waals surface area (Å²) in [6.07, 6.45) is 4.71. The minimum atomic E-state index is -0.249. The van der Waals surface area contributed by atoms with Crippen LogP contribution < -0.4 is 11.5 Å². The molecule has 1 aliphatic rings. The molecule has 0 radical (unpaired) electrons. The zero-order valence-corrected chi connectivity index (χ0v) is 19.6. The second-order valence-electron chi connectivity index (χ2n) is 8.13. The summed E-state index contributed by atoms with van der Waals surface area (Å²) in [6, 6.07) is 12.2. The number of hydrogen-bond acceptors (Lipinski definition) is 9. The second-order valence-corrected chi connectivity index (χ2v) is 9.98. The molecule has 1 aromatic carbocycles. The van der Waals surface area contributed by atoms with Crippen LogP contribution in [0, 0.1) is 28.6 Å². The Hall–Kier alpha value is -3.11. The predicted molar refractivity (Wildman–Crippen MR) is 131 cm³/mol. The normalized spacial score (nSPS) is 17.9. The lowest BCUT2D eigenvalue weighted by molar-refractivity contribution is 0.0700. The third-order valence-corrected chi connectivity index (χ3v) is 7.68. The van der Waals surface area contributed by atoms with Gasteiger partial charge in [0.05, 0.1) is 17.4 Å². The summed E-state index contributed by atoms with van der Waals surface area (Å²) in [6.45, 7) is 0. The number of benzene rings is 1. The van der Waals surface area contributed by atoms with Crippen LogP contribution >= 0.6 is 23.1 Å². The number of thiazole rings is 1. The quantitative estimate of drug-likeness (QED) is 0.441. The number of aliphatic hydroxyl groups is 1.